The first-order valence-corrected chi connectivity index (χ1v) is 6.94. The van der Waals surface area contributed by atoms with Crippen LogP contribution < -0.4 is 5.73 Å². The second kappa shape index (κ2) is 4.94. The van der Waals surface area contributed by atoms with E-state index in [1.165, 1.54) is 15.2 Å². The topological polar surface area (TPSA) is 38.9 Å². The maximum atomic E-state index is 5.72. The SMILES string of the molecule is Cc1cc(Sc2ccc(N)cc2)c2ccccc2n1. The smallest absolute Gasteiger partial charge is 0.0716 e. The molecule has 0 saturated carbocycles. The monoisotopic (exact) mass is 266 g/mol. The minimum Gasteiger partial charge on any atom is -0.399 e. The molecule has 0 aliphatic carbocycles. The summed E-state index contributed by atoms with van der Waals surface area (Å²) in [4.78, 5) is 6.97. The van der Waals surface area contributed by atoms with Crippen molar-refractivity contribution in [3.8, 4) is 0 Å². The Balaban J connectivity index is 2.07. The van der Waals surface area contributed by atoms with Crippen molar-refractivity contribution < 1.29 is 0 Å². The molecule has 3 rings (SSSR count). The molecule has 0 bridgehead atoms. The van der Waals surface area contributed by atoms with E-state index in [9.17, 15) is 0 Å². The van der Waals surface area contributed by atoms with E-state index in [0.717, 1.165) is 16.9 Å². The lowest BCUT2D eigenvalue weighted by atomic mass is 10.2. The van der Waals surface area contributed by atoms with Gasteiger partial charge in [0.25, 0.3) is 0 Å². The predicted octanol–water partition coefficient (Wildman–Crippen LogP) is 4.28. The highest BCUT2D eigenvalue weighted by atomic mass is 32.2. The molecule has 94 valence electrons. The maximum Gasteiger partial charge on any atom is 0.0716 e. The van der Waals surface area contributed by atoms with Gasteiger partial charge in [0.15, 0.2) is 0 Å². The van der Waals surface area contributed by atoms with Gasteiger partial charge in [-0.3, -0.25) is 4.98 Å². The van der Waals surface area contributed by atoms with Crippen molar-refractivity contribution in [3.05, 3.63) is 60.3 Å². The molecule has 3 aromatic rings. The van der Waals surface area contributed by atoms with Crippen LogP contribution in [-0.2, 0) is 0 Å². The summed E-state index contributed by atoms with van der Waals surface area (Å²) in [5, 5.41) is 1.19. The van der Waals surface area contributed by atoms with Crippen LogP contribution in [0.1, 0.15) is 5.69 Å². The van der Waals surface area contributed by atoms with Crippen molar-refractivity contribution >= 4 is 28.4 Å². The first-order valence-electron chi connectivity index (χ1n) is 6.12. The standard InChI is InChI=1S/C16H14N2S/c1-11-10-16(14-4-2-3-5-15(14)18-11)19-13-8-6-12(17)7-9-13/h2-10H,17H2,1H3. The van der Waals surface area contributed by atoms with E-state index in [1.54, 1.807) is 11.8 Å². The predicted molar refractivity (Wildman–Crippen MR) is 81.5 cm³/mol. The Kier molecular flexibility index (Phi) is 3.13. The quantitative estimate of drug-likeness (QED) is 0.704. The van der Waals surface area contributed by atoms with E-state index < -0.39 is 0 Å². The molecule has 0 atom stereocenters. The summed E-state index contributed by atoms with van der Waals surface area (Å²) in [7, 11) is 0. The zero-order chi connectivity index (χ0) is 13.2. The van der Waals surface area contributed by atoms with E-state index in [0.29, 0.717) is 0 Å². The fourth-order valence-corrected chi connectivity index (χ4v) is 3.05. The highest BCUT2D eigenvalue weighted by Crippen LogP contribution is 2.33. The van der Waals surface area contributed by atoms with Gasteiger partial charge in [-0.05, 0) is 43.3 Å². The molecule has 3 heteroatoms. The number of anilines is 1. The normalized spacial score (nSPS) is 10.8. The number of benzene rings is 2. The molecule has 2 nitrogen and oxygen atoms in total. The average molecular weight is 266 g/mol. The highest BCUT2D eigenvalue weighted by Gasteiger charge is 2.05. The van der Waals surface area contributed by atoms with Gasteiger partial charge in [-0.15, -0.1) is 0 Å². The molecule has 2 N–H and O–H groups in total. The number of aryl methyl sites for hydroxylation is 1. The van der Waals surface area contributed by atoms with Gasteiger partial charge in [-0.2, -0.15) is 0 Å². The van der Waals surface area contributed by atoms with Crippen LogP contribution >= 0.6 is 11.8 Å². The Morgan fingerprint density at radius 3 is 2.53 bits per heavy atom. The van der Waals surface area contributed by atoms with Crippen LogP contribution in [0.5, 0.6) is 0 Å². The Labute approximate surface area is 116 Å². The minimum atomic E-state index is 0.792. The molecular formula is C16H14N2S. The van der Waals surface area contributed by atoms with Crippen molar-refractivity contribution in [1.82, 2.24) is 4.98 Å². The third kappa shape index (κ3) is 2.56. The fourth-order valence-electron chi connectivity index (χ4n) is 2.02. The first kappa shape index (κ1) is 12.1. The third-order valence-corrected chi connectivity index (χ3v) is 3.98. The molecule has 0 saturated heterocycles. The van der Waals surface area contributed by atoms with Crippen molar-refractivity contribution in [3.63, 3.8) is 0 Å². The number of nitrogens with two attached hydrogens (primary N) is 1. The molecule has 0 spiro atoms. The Morgan fingerprint density at radius 2 is 1.74 bits per heavy atom. The Hall–Kier alpha value is -2.00. The molecule has 0 radical (unpaired) electrons. The van der Waals surface area contributed by atoms with Crippen LogP contribution in [0.3, 0.4) is 0 Å². The zero-order valence-corrected chi connectivity index (χ0v) is 11.4. The molecule has 1 heterocycles. The van der Waals surface area contributed by atoms with Crippen molar-refractivity contribution in [2.75, 3.05) is 5.73 Å². The van der Waals surface area contributed by atoms with E-state index in [4.69, 9.17) is 5.73 Å². The van der Waals surface area contributed by atoms with Crippen LogP contribution in [-0.4, -0.2) is 4.98 Å². The number of nitrogen functional groups attached to an aromatic ring is 1. The van der Waals surface area contributed by atoms with E-state index in [2.05, 4.69) is 23.2 Å². The number of nitrogens with zero attached hydrogens (tertiary/aromatic N) is 1. The van der Waals surface area contributed by atoms with E-state index in [-0.39, 0.29) is 0 Å². The number of para-hydroxylation sites is 1. The lowest BCUT2D eigenvalue weighted by molar-refractivity contribution is 1.22. The van der Waals surface area contributed by atoms with Gasteiger partial charge in [0.1, 0.15) is 0 Å². The number of hydrogen-bond donors (Lipinski definition) is 1. The first-order chi connectivity index (χ1) is 9.22. The summed E-state index contributed by atoms with van der Waals surface area (Å²) >= 11 is 1.74. The van der Waals surface area contributed by atoms with Crippen LogP contribution in [0.2, 0.25) is 0 Å². The number of hydrogen-bond acceptors (Lipinski definition) is 3. The van der Waals surface area contributed by atoms with Gasteiger partial charge in [-0.1, -0.05) is 30.0 Å². The number of pyridine rings is 1. The van der Waals surface area contributed by atoms with Gasteiger partial charge in [0.05, 0.1) is 5.52 Å². The van der Waals surface area contributed by atoms with E-state index >= 15 is 0 Å². The Bertz CT molecular complexity index is 720. The molecule has 0 unspecified atom stereocenters. The zero-order valence-electron chi connectivity index (χ0n) is 10.6. The fraction of sp³-hybridized carbons (Fsp3) is 0.0625. The molecule has 0 aliphatic heterocycles. The molecule has 0 aliphatic rings. The van der Waals surface area contributed by atoms with Crippen LogP contribution in [0.4, 0.5) is 5.69 Å². The van der Waals surface area contributed by atoms with Crippen molar-refractivity contribution in [2.45, 2.75) is 16.7 Å². The molecular weight excluding hydrogens is 252 g/mol. The molecule has 1 aromatic heterocycles. The van der Waals surface area contributed by atoms with Crippen LogP contribution in [0.15, 0.2) is 64.4 Å². The van der Waals surface area contributed by atoms with Gasteiger partial charge in [0, 0.05) is 26.6 Å². The number of rotatable bonds is 2. The molecule has 0 amide bonds. The molecule has 19 heavy (non-hydrogen) atoms. The largest absolute Gasteiger partial charge is 0.399 e. The lowest BCUT2D eigenvalue weighted by Crippen LogP contribution is -1.87. The Morgan fingerprint density at radius 1 is 1.00 bits per heavy atom. The van der Waals surface area contributed by atoms with Gasteiger partial charge in [-0.25, -0.2) is 0 Å². The van der Waals surface area contributed by atoms with Crippen LogP contribution in [0, 0.1) is 6.92 Å². The molecule has 2 aromatic carbocycles. The highest BCUT2D eigenvalue weighted by molar-refractivity contribution is 7.99. The summed E-state index contributed by atoms with van der Waals surface area (Å²) in [5.41, 5.74) is 8.59. The summed E-state index contributed by atoms with van der Waals surface area (Å²) in [6, 6.07) is 18.3. The van der Waals surface area contributed by atoms with Crippen molar-refractivity contribution in [2.24, 2.45) is 0 Å². The maximum absolute atomic E-state index is 5.72. The van der Waals surface area contributed by atoms with Gasteiger partial charge in [0.2, 0.25) is 0 Å². The van der Waals surface area contributed by atoms with Crippen molar-refractivity contribution in [1.29, 1.82) is 0 Å². The number of fused-ring (bicyclic) bond motifs is 1. The van der Waals surface area contributed by atoms with E-state index in [1.807, 2.05) is 43.3 Å². The summed E-state index contributed by atoms with van der Waals surface area (Å²) in [6.45, 7) is 2.03. The van der Waals surface area contributed by atoms with Gasteiger partial charge < -0.3 is 5.73 Å². The second-order valence-electron chi connectivity index (χ2n) is 4.45. The van der Waals surface area contributed by atoms with Gasteiger partial charge >= 0.3 is 0 Å². The third-order valence-electron chi connectivity index (χ3n) is 2.91. The second-order valence-corrected chi connectivity index (χ2v) is 5.57. The lowest BCUT2D eigenvalue weighted by Gasteiger charge is -2.07. The summed E-state index contributed by atoms with van der Waals surface area (Å²) in [5.74, 6) is 0. The average Bonchev–Trinajstić information content (AvgIpc) is 2.41. The summed E-state index contributed by atoms with van der Waals surface area (Å²) in [6.07, 6.45) is 0. The minimum absolute atomic E-state index is 0.792. The molecule has 0 fully saturated rings. The summed E-state index contributed by atoms with van der Waals surface area (Å²) < 4.78 is 0. The number of aromatic nitrogens is 1. The van der Waals surface area contributed by atoms with Crippen LogP contribution in [0.25, 0.3) is 10.9 Å².